The molecule has 3 fully saturated rings. The van der Waals surface area contributed by atoms with Gasteiger partial charge in [-0.1, -0.05) is 37.6 Å². The Bertz CT molecular complexity index is 1280. The lowest BCUT2D eigenvalue weighted by Crippen LogP contribution is -2.46. The van der Waals surface area contributed by atoms with E-state index in [0.717, 1.165) is 37.1 Å². The first-order chi connectivity index (χ1) is 19.0. The van der Waals surface area contributed by atoms with Crippen molar-refractivity contribution < 1.29 is 23.8 Å². The van der Waals surface area contributed by atoms with Crippen LogP contribution in [0.4, 0.5) is 5.69 Å². The monoisotopic (exact) mass is 530 g/mol. The van der Waals surface area contributed by atoms with Crippen LogP contribution in [0.2, 0.25) is 0 Å². The summed E-state index contributed by atoms with van der Waals surface area (Å²) in [5.74, 6) is 1.14. The van der Waals surface area contributed by atoms with Gasteiger partial charge in [0, 0.05) is 30.3 Å². The normalized spacial score (nSPS) is 31.1. The van der Waals surface area contributed by atoms with Gasteiger partial charge in [0.2, 0.25) is 0 Å². The lowest BCUT2D eigenvalue weighted by Gasteiger charge is -2.47. The molecule has 0 saturated heterocycles. The second kappa shape index (κ2) is 10.0. The molecule has 6 atom stereocenters. The number of fused-ring (bicyclic) bond motifs is 1. The van der Waals surface area contributed by atoms with Crippen molar-refractivity contribution >= 4 is 17.6 Å². The molecule has 2 aromatic carbocycles. The molecule has 1 heterocycles. The molecule has 7 heteroatoms. The predicted molar refractivity (Wildman–Crippen MR) is 149 cm³/mol. The Morgan fingerprint density at radius 3 is 2.74 bits per heavy atom. The van der Waals surface area contributed by atoms with Gasteiger partial charge >= 0.3 is 5.97 Å². The first-order valence-corrected chi connectivity index (χ1v) is 14.2. The summed E-state index contributed by atoms with van der Waals surface area (Å²) < 4.78 is 16.4. The van der Waals surface area contributed by atoms with Crippen LogP contribution in [0.5, 0.6) is 5.75 Å². The molecule has 3 saturated carbocycles. The molecule has 7 nitrogen and oxygen atoms in total. The summed E-state index contributed by atoms with van der Waals surface area (Å²) in [6, 6.07) is 14.6. The molecule has 39 heavy (non-hydrogen) atoms. The number of carbonyl (C=O) groups excluding carboxylic acids is 2. The molecule has 0 aromatic heterocycles. The van der Waals surface area contributed by atoms with Crippen LogP contribution in [0, 0.1) is 23.2 Å². The van der Waals surface area contributed by atoms with E-state index in [4.69, 9.17) is 14.2 Å². The van der Waals surface area contributed by atoms with Gasteiger partial charge in [0.1, 0.15) is 12.4 Å². The topological polar surface area (TPSA) is 85.9 Å². The van der Waals surface area contributed by atoms with E-state index in [0.29, 0.717) is 31.2 Å². The lowest BCUT2D eigenvalue weighted by molar-refractivity contribution is -0.147. The van der Waals surface area contributed by atoms with E-state index in [9.17, 15) is 9.59 Å². The fraction of sp³-hybridized carbons (Fsp3) is 0.500. The third-order valence-electron chi connectivity index (χ3n) is 9.63. The van der Waals surface area contributed by atoms with Gasteiger partial charge in [-0.3, -0.25) is 9.59 Å². The largest absolute Gasteiger partial charge is 0.494 e. The first-order valence-electron chi connectivity index (χ1n) is 14.2. The number of hydrogen-bond acceptors (Lipinski definition) is 6. The van der Waals surface area contributed by atoms with Crippen LogP contribution in [0.3, 0.4) is 0 Å². The quantitative estimate of drug-likeness (QED) is 0.255. The molecular weight excluding hydrogens is 492 g/mol. The maximum absolute atomic E-state index is 13.1. The molecule has 1 aliphatic heterocycles. The first kappa shape index (κ1) is 25.9. The zero-order valence-electron chi connectivity index (χ0n) is 22.8. The summed E-state index contributed by atoms with van der Waals surface area (Å²) in [6.07, 6.45) is 5.94. The van der Waals surface area contributed by atoms with Crippen molar-refractivity contribution in [3.63, 3.8) is 0 Å². The number of anilines is 1. The van der Waals surface area contributed by atoms with Crippen molar-refractivity contribution in [1.82, 2.24) is 5.32 Å². The number of esters is 1. The Morgan fingerprint density at radius 1 is 1.18 bits per heavy atom. The van der Waals surface area contributed by atoms with Crippen molar-refractivity contribution in [2.75, 3.05) is 38.8 Å². The Morgan fingerprint density at radius 2 is 2.00 bits per heavy atom. The minimum atomic E-state index is -0.145. The molecule has 3 aliphatic carbocycles. The second-order valence-corrected chi connectivity index (χ2v) is 11.3. The van der Waals surface area contributed by atoms with Crippen LogP contribution in [0.25, 0.3) is 0 Å². The van der Waals surface area contributed by atoms with Gasteiger partial charge in [0.25, 0.3) is 5.91 Å². The number of nitrogens with one attached hydrogen (secondary N) is 2. The van der Waals surface area contributed by atoms with E-state index >= 15 is 0 Å². The van der Waals surface area contributed by atoms with Crippen LogP contribution in [0.15, 0.2) is 55.1 Å². The van der Waals surface area contributed by atoms with Gasteiger partial charge in [-0.2, -0.15) is 0 Å². The van der Waals surface area contributed by atoms with Gasteiger partial charge in [0.15, 0.2) is 0 Å². The number of benzene rings is 2. The molecule has 0 bridgehead atoms. The Hall–Kier alpha value is -3.32. The highest BCUT2D eigenvalue weighted by Gasteiger charge is 2.99. The average Bonchev–Trinajstić information content (AvgIpc) is 3.81. The van der Waals surface area contributed by atoms with E-state index in [1.165, 1.54) is 11.1 Å². The Kier molecular flexibility index (Phi) is 6.66. The van der Waals surface area contributed by atoms with Crippen LogP contribution >= 0.6 is 0 Å². The molecule has 2 N–H and O–H groups in total. The van der Waals surface area contributed by atoms with Gasteiger partial charge < -0.3 is 24.8 Å². The lowest BCUT2D eigenvalue weighted by atomic mass is 9.61. The maximum atomic E-state index is 13.1. The van der Waals surface area contributed by atoms with Crippen LogP contribution < -0.4 is 15.4 Å². The van der Waals surface area contributed by atoms with Gasteiger partial charge in [-0.15, -0.1) is 0 Å². The maximum Gasteiger partial charge on any atom is 0.310 e. The highest BCUT2D eigenvalue weighted by molar-refractivity contribution is 5.96. The SMILES string of the molecule is C=CCOC(=O)C1C2C13CCCC[C@H]1C(c4ccc(OCC)cc4)Nc4ccc(C(=O)NCCOC)cc4C213. The summed E-state index contributed by atoms with van der Waals surface area (Å²) in [6.45, 7) is 7.50. The molecule has 4 aliphatic rings. The smallest absolute Gasteiger partial charge is 0.310 e. The fourth-order valence-electron chi connectivity index (χ4n) is 8.25. The van der Waals surface area contributed by atoms with Crippen molar-refractivity contribution in [3.05, 3.63) is 71.8 Å². The molecular formula is C32H38N2O5. The third kappa shape index (κ3) is 3.80. The van der Waals surface area contributed by atoms with Crippen LogP contribution in [-0.2, 0) is 19.7 Å². The molecule has 206 valence electrons. The summed E-state index contributed by atoms with van der Waals surface area (Å²) >= 11 is 0. The summed E-state index contributed by atoms with van der Waals surface area (Å²) in [7, 11) is 1.62. The number of methoxy groups -OCH3 is 1. The van der Waals surface area contributed by atoms with Gasteiger partial charge in [-0.05, 0) is 78.5 Å². The van der Waals surface area contributed by atoms with Crippen molar-refractivity contribution in [2.45, 2.75) is 44.1 Å². The molecule has 5 unspecified atom stereocenters. The minimum absolute atomic E-state index is 0.0795. The average molecular weight is 531 g/mol. The van der Waals surface area contributed by atoms with Gasteiger partial charge in [-0.25, -0.2) is 0 Å². The molecule has 1 amide bonds. The number of ether oxygens (including phenoxy) is 3. The van der Waals surface area contributed by atoms with Crippen LogP contribution in [-0.4, -0.2) is 45.4 Å². The predicted octanol–water partition coefficient (Wildman–Crippen LogP) is 5.03. The Labute approximate surface area is 230 Å². The molecule has 0 radical (unpaired) electrons. The fourth-order valence-corrected chi connectivity index (χ4v) is 8.25. The third-order valence-corrected chi connectivity index (χ3v) is 9.63. The van der Waals surface area contributed by atoms with Crippen molar-refractivity contribution in [2.24, 2.45) is 23.2 Å². The second-order valence-electron chi connectivity index (χ2n) is 11.3. The number of hydrogen-bond donors (Lipinski definition) is 2. The van der Waals surface area contributed by atoms with E-state index in [-0.39, 0.29) is 47.2 Å². The summed E-state index contributed by atoms with van der Waals surface area (Å²) in [5.41, 5.74) is 3.88. The standard InChI is InChI=1S/C32H38N2O5/c1-4-17-39-30(36)26-28-31(26)15-7-6-8-23-27(20-9-12-22(13-10-20)38-5-2)34-25-14-11-21(19-24(25)32(23,28)31)29(35)33-16-18-37-3/h4,9-14,19,23,26-28,34H,1,5-8,15-18H2,2-3H3,(H,33,35)/t23-,26?,27?,28?,31?,32?/m0/s1. The van der Waals surface area contributed by atoms with E-state index in [1.807, 2.05) is 25.1 Å². The summed E-state index contributed by atoms with van der Waals surface area (Å²) in [5, 5.41) is 6.81. The van der Waals surface area contributed by atoms with E-state index in [2.05, 4.69) is 41.5 Å². The van der Waals surface area contributed by atoms with E-state index in [1.54, 1.807) is 13.2 Å². The Balaban J connectivity index is 1.40. The highest BCUT2D eigenvalue weighted by Crippen LogP contribution is 2.97. The molecule has 2 spiro atoms. The van der Waals surface area contributed by atoms with E-state index < -0.39 is 0 Å². The van der Waals surface area contributed by atoms with Gasteiger partial charge in [0.05, 0.1) is 25.2 Å². The number of rotatable bonds is 10. The molecule has 2 aromatic rings. The van der Waals surface area contributed by atoms with Crippen LogP contribution in [0.1, 0.15) is 60.1 Å². The number of amides is 1. The number of carbonyl (C=O) groups is 2. The zero-order valence-corrected chi connectivity index (χ0v) is 22.8. The molecule has 6 rings (SSSR count). The summed E-state index contributed by atoms with van der Waals surface area (Å²) in [4.78, 5) is 26.2. The minimum Gasteiger partial charge on any atom is -0.494 e. The van der Waals surface area contributed by atoms with Crippen molar-refractivity contribution in [3.8, 4) is 5.75 Å². The highest BCUT2D eigenvalue weighted by atomic mass is 16.5. The van der Waals surface area contributed by atoms with Crippen molar-refractivity contribution in [1.29, 1.82) is 0 Å². The zero-order chi connectivity index (χ0) is 27.2.